The maximum absolute atomic E-state index is 11.7. The van der Waals surface area contributed by atoms with Crippen LogP contribution in [-0.2, 0) is 4.79 Å². The van der Waals surface area contributed by atoms with Crippen LogP contribution in [0.4, 0.5) is 5.69 Å². The number of azide groups is 1. The molecule has 0 spiro atoms. The minimum Gasteiger partial charge on any atom is -0.323 e. The van der Waals surface area contributed by atoms with Gasteiger partial charge in [0.1, 0.15) is 11.2 Å². The maximum Gasteiger partial charge on any atom is 0.233 e. The Kier molecular flexibility index (Phi) is 5.03. The van der Waals surface area contributed by atoms with Crippen molar-refractivity contribution in [2.24, 2.45) is 5.11 Å². The van der Waals surface area contributed by atoms with Gasteiger partial charge in [0.2, 0.25) is 5.91 Å². The number of aromatic nitrogens is 1. The smallest absolute Gasteiger partial charge is 0.233 e. The van der Waals surface area contributed by atoms with Crippen LogP contribution in [0.2, 0.25) is 10.2 Å². The van der Waals surface area contributed by atoms with Crippen molar-refractivity contribution in [2.45, 2.75) is 19.4 Å². The van der Waals surface area contributed by atoms with Gasteiger partial charge < -0.3 is 5.32 Å². The largest absolute Gasteiger partial charge is 0.323 e. The molecule has 1 aromatic heterocycles. The van der Waals surface area contributed by atoms with Crippen LogP contribution in [0.5, 0.6) is 0 Å². The lowest BCUT2D eigenvalue weighted by Gasteiger charge is -2.10. The Balaban J connectivity index is 2.83. The molecule has 0 bridgehead atoms. The first kappa shape index (κ1) is 13.6. The molecule has 1 N–H and O–H groups in total. The number of amides is 1. The van der Waals surface area contributed by atoms with Gasteiger partial charge >= 0.3 is 0 Å². The average Bonchev–Trinajstić information content (AvgIpc) is 2.29. The number of rotatable bonds is 4. The van der Waals surface area contributed by atoms with Crippen LogP contribution < -0.4 is 5.32 Å². The molecular weight excluding hydrogens is 265 g/mol. The number of pyridine rings is 1. The third kappa shape index (κ3) is 3.78. The molecule has 1 rings (SSSR count). The fourth-order valence-corrected chi connectivity index (χ4v) is 1.51. The van der Waals surface area contributed by atoms with Crippen molar-refractivity contribution in [2.75, 3.05) is 5.32 Å². The lowest BCUT2D eigenvalue weighted by molar-refractivity contribution is -0.117. The number of hydrogen-bond donors (Lipinski definition) is 1. The van der Waals surface area contributed by atoms with Crippen molar-refractivity contribution in [3.05, 3.63) is 32.9 Å². The summed E-state index contributed by atoms with van der Waals surface area (Å²) in [5.41, 5.74) is 8.62. The highest BCUT2D eigenvalue weighted by Gasteiger charge is 2.15. The zero-order valence-electron chi connectivity index (χ0n) is 8.89. The fourth-order valence-electron chi connectivity index (χ4n) is 1.10. The summed E-state index contributed by atoms with van der Waals surface area (Å²) in [6.07, 6.45) is 1.74. The van der Waals surface area contributed by atoms with Gasteiger partial charge in [-0.3, -0.25) is 4.79 Å². The Morgan fingerprint density at radius 1 is 1.71 bits per heavy atom. The zero-order chi connectivity index (χ0) is 12.8. The molecule has 1 atom stereocenters. The maximum atomic E-state index is 11.7. The van der Waals surface area contributed by atoms with E-state index in [1.807, 2.05) is 0 Å². The van der Waals surface area contributed by atoms with Gasteiger partial charge in [-0.2, -0.15) is 0 Å². The summed E-state index contributed by atoms with van der Waals surface area (Å²) in [6.45, 7) is 1.74. The lowest BCUT2D eigenvalue weighted by atomic mass is 10.2. The van der Waals surface area contributed by atoms with Crippen molar-refractivity contribution in [3.63, 3.8) is 0 Å². The first-order valence-electron chi connectivity index (χ1n) is 4.74. The van der Waals surface area contributed by atoms with E-state index in [-0.39, 0.29) is 10.2 Å². The zero-order valence-corrected chi connectivity index (χ0v) is 10.4. The van der Waals surface area contributed by atoms with Gasteiger partial charge in [0, 0.05) is 4.91 Å². The minimum absolute atomic E-state index is 0.232. The summed E-state index contributed by atoms with van der Waals surface area (Å²) in [7, 11) is 0. The summed E-state index contributed by atoms with van der Waals surface area (Å²) in [5, 5.41) is 6.39. The van der Waals surface area contributed by atoms with Crippen molar-refractivity contribution >= 4 is 34.8 Å². The van der Waals surface area contributed by atoms with Gasteiger partial charge in [-0.25, -0.2) is 4.98 Å². The van der Waals surface area contributed by atoms with Crippen LogP contribution in [0.15, 0.2) is 17.4 Å². The van der Waals surface area contributed by atoms with Gasteiger partial charge in [0.25, 0.3) is 0 Å². The SMILES string of the molecule is CC[C@@H](N=[N+]=[N-])C(=O)Nc1cnc(Cl)cc1Cl. The van der Waals surface area contributed by atoms with E-state index in [9.17, 15) is 4.79 Å². The standard InChI is InChI=1S/C9H9Cl2N5O/c1-2-6(15-16-12)9(17)14-7-4-13-8(11)3-5(7)10/h3-4,6H,2H2,1H3,(H,14,17)/t6-/m1/s1. The predicted molar refractivity (Wildman–Crippen MR) is 66.1 cm³/mol. The second-order valence-electron chi connectivity index (χ2n) is 3.11. The number of nitrogens with one attached hydrogen (secondary N) is 1. The van der Waals surface area contributed by atoms with Crippen LogP contribution in [0, 0.1) is 0 Å². The summed E-state index contributed by atoms with van der Waals surface area (Å²) in [4.78, 5) is 18.1. The molecule has 0 saturated carbocycles. The van der Waals surface area contributed by atoms with Crippen molar-refractivity contribution in [3.8, 4) is 0 Å². The van der Waals surface area contributed by atoms with Gasteiger partial charge in [-0.1, -0.05) is 35.2 Å². The molecule has 0 aliphatic carbocycles. The van der Waals surface area contributed by atoms with Gasteiger partial charge in [0.15, 0.2) is 0 Å². The van der Waals surface area contributed by atoms with E-state index in [0.717, 1.165) is 0 Å². The van der Waals surface area contributed by atoms with Crippen LogP contribution in [-0.4, -0.2) is 16.9 Å². The van der Waals surface area contributed by atoms with E-state index in [4.69, 9.17) is 28.7 Å². The molecule has 17 heavy (non-hydrogen) atoms. The Morgan fingerprint density at radius 3 is 2.94 bits per heavy atom. The van der Waals surface area contributed by atoms with Crippen molar-refractivity contribution in [1.82, 2.24) is 4.98 Å². The van der Waals surface area contributed by atoms with E-state index in [2.05, 4.69) is 20.3 Å². The monoisotopic (exact) mass is 273 g/mol. The molecule has 0 saturated heterocycles. The quantitative estimate of drug-likeness (QED) is 0.394. The molecule has 6 nitrogen and oxygen atoms in total. The van der Waals surface area contributed by atoms with Gasteiger partial charge in [-0.05, 0) is 18.0 Å². The molecule has 0 radical (unpaired) electrons. The Bertz CT molecular complexity index is 472. The van der Waals surface area contributed by atoms with E-state index < -0.39 is 11.9 Å². The third-order valence-electron chi connectivity index (χ3n) is 1.96. The van der Waals surface area contributed by atoms with E-state index in [1.54, 1.807) is 6.92 Å². The van der Waals surface area contributed by atoms with Crippen LogP contribution in [0.25, 0.3) is 10.4 Å². The highest BCUT2D eigenvalue weighted by atomic mass is 35.5. The molecule has 0 unspecified atom stereocenters. The highest BCUT2D eigenvalue weighted by molar-refractivity contribution is 6.36. The number of halogens is 2. The van der Waals surface area contributed by atoms with E-state index in [0.29, 0.717) is 12.1 Å². The number of anilines is 1. The Hall–Kier alpha value is -1.49. The van der Waals surface area contributed by atoms with Crippen LogP contribution >= 0.6 is 23.2 Å². The molecular formula is C9H9Cl2N5O. The molecule has 1 aromatic rings. The summed E-state index contributed by atoms with van der Waals surface area (Å²) in [6, 6.07) is 0.638. The second kappa shape index (κ2) is 6.30. The first-order valence-corrected chi connectivity index (χ1v) is 5.50. The van der Waals surface area contributed by atoms with Gasteiger partial charge in [-0.15, -0.1) is 0 Å². The molecule has 0 aliphatic heterocycles. The minimum atomic E-state index is -0.772. The van der Waals surface area contributed by atoms with Gasteiger partial charge in [0.05, 0.1) is 16.9 Å². The highest BCUT2D eigenvalue weighted by Crippen LogP contribution is 2.23. The molecule has 0 aromatic carbocycles. The molecule has 0 aliphatic rings. The van der Waals surface area contributed by atoms with E-state index in [1.165, 1.54) is 12.3 Å². The average molecular weight is 274 g/mol. The lowest BCUT2D eigenvalue weighted by Crippen LogP contribution is -2.25. The number of carbonyl (C=O) groups excluding carboxylic acids is 1. The molecule has 90 valence electrons. The topological polar surface area (TPSA) is 90.8 Å². The first-order chi connectivity index (χ1) is 8.08. The van der Waals surface area contributed by atoms with Crippen molar-refractivity contribution < 1.29 is 4.79 Å². The van der Waals surface area contributed by atoms with Crippen LogP contribution in [0.1, 0.15) is 13.3 Å². The number of carbonyl (C=O) groups is 1. The van der Waals surface area contributed by atoms with E-state index >= 15 is 0 Å². The fraction of sp³-hybridized carbons (Fsp3) is 0.333. The molecule has 1 amide bonds. The van der Waals surface area contributed by atoms with Crippen molar-refractivity contribution in [1.29, 1.82) is 0 Å². The number of nitrogens with zero attached hydrogens (tertiary/aromatic N) is 4. The summed E-state index contributed by atoms with van der Waals surface area (Å²) >= 11 is 11.5. The molecule has 1 heterocycles. The normalized spacial score (nSPS) is 11.5. The Labute approximate surface area is 108 Å². The van der Waals surface area contributed by atoms with Crippen LogP contribution in [0.3, 0.4) is 0 Å². The summed E-state index contributed by atoms with van der Waals surface area (Å²) < 4.78 is 0. The number of hydrogen-bond acceptors (Lipinski definition) is 3. The second-order valence-corrected chi connectivity index (χ2v) is 3.90. The summed E-state index contributed by atoms with van der Waals surface area (Å²) in [5.74, 6) is -0.434. The molecule has 8 heteroatoms. The molecule has 0 fully saturated rings. The third-order valence-corrected chi connectivity index (χ3v) is 2.48. The Morgan fingerprint density at radius 2 is 2.41 bits per heavy atom. The predicted octanol–water partition coefficient (Wildman–Crippen LogP) is 3.42.